The smallest absolute Gasteiger partial charge is 0.248 e. The number of nitrogens with one attached hydrogen (secondary N) is 1. The van der Waals surface area contributed by atoms with Crippen molar-refractivity contribution in [3.63, 3.8) is 0 Å². The van der Waals surface area contributed by atoms with E-state index in [0.717, 1.165) is 36.7 Å². The highest BCUT2D eigenvalue weighted by molar-refractivity contribution is 5.82. The van der Waals surface area contributed by atoms with Crippen molar-refractivity contribution < 1.29 is 14.5 Å². The lowest BCUT2D eigenvalue weighted by molar-refractivity contribution is -0.459. The first-order valence-corrected chi connectivity index (χ1v) is 8.31. The number of nitrogens with two attached hydrogens (primary N) is 1. The highest BCUT2D eigenvalue weighted by Crippen LogP contribution is 2.27. The van der Waals surface area contributed by atoms with E-state index in [-0.39, 0.29) is 5.92 Å². The summed E-state index contributed by atoms with van der Waals surface area (Å²) in [5.74, 6) is 2.55. The number of methoxy groups -OCH3 is 2. The Morgan fingerprint density at radius 3 is 2.38 bits per heavy atom. The van der Waals surface area contributed by atoms with Crippen molar-refractivity contribution in [3.05, 3.63) is 59.7 Å². The maximum absolute atomic E-state index is 6.29. The number of rotatable bonds is 8. The van der Waals surface area contributed by atoms with Gasteiger partial charge in [-0.2, -0.15) is 0 Å². The average molecular weight is 327 g/mol. The standard InChI is InChI=1S/C20H26N2O2/c1-4-17(16-8-6-5-7-9-16)20(21)22-13-12-15-10-11-18(23-2)19(14-15)24-3/h5-11,14,17H,4,12-13H2,1-3H3,(H2,21,22)/p+1/t17-/m0/s1. The van der Waals surface area contributed by atoms with Gasteiger partial charge in [0.2, 0.25) is 5.84 Å². The van der Waals surface area contributed by atoms with E-state index in [0.29, 0.717) is 0 Å². The van der Waals surface area contributed by atoms with Gasteiger partial charge in [0, 0.05) is 6.42 Å². The van der Waals surface area contributed by atoms with Gasteiger partial charge in [0.1, 0.15) is 0 Å². The third kappa shape index (κ3) is 4.51. The van der Waals surface area contributed by atoms with Crippen LogP contribution in [0.3, 0.4) is 0 Å². The minimum atomic E-state index is 0.233. The Bertz CT molecular complexity index is 669. The molecule has 1 atom stereocenters. The summed E-state index contributed by atoms with van der Waals surface area (Å²) in [4.78, 5) is 3.37. The number of hydrogen-bond acceptors (Lipinski definition) is 2. The second kappa shape index (κ2) is 8.96. The molecule has 2 rings (SSSR count). The second-order valence-corrected chi connectivity index (χ2v) is 5.69. The zero-order valence-electron chi connectivity index (χ0n) is 14.7. The quantitative estimate of drug-likeness (QED) is 0.575. The predicted molar refractivity (Wildman–Crippen MR) is 97.7 cm³/mol. The van der Waals surface area contributed by atoms with E-state index in [1.165, 1.54) is 11.1 Å². The van der Waals surface area contributed by atoms with Crippen molar-refractivity contribution in [2.24, 2.45) is 5.73 Å². The van der Waals surface area contributed by atoms with Crippen LogP contribution >= 0.6 is 0 Å². The summed E-state index contributed by atoms with van der Waals surface area (Å²) in [5.41, 5.74) is 8.71. The summed E-state index contributed by atoms with van der Waals surface area (Å²) >= 11 is 0. The molecule has 0 bridgehead atoms. The molecule has 0 heterocycles. The van der Waals surface area contributed by atoms with Crippen LogP contribution in [0.2, 0.25) is 0 Å². The fourth-order valence-electron chi connectivity index (χ4n) is 2.83. The lowest BCUT2D eigenvalue weighted by Gasteiger charge is -2.11. The molecule has 24 heavy (non-hydrogen) atoms. The molecule has 4 nitrogen and oxygen atoms in total. The van der Waals surface area contributed by atoms with Crippen molar-refractivity contribution in [2.75, 3.05) is 20.8 Å². The van der Waals surface area contributed by atoms with Crippen molar-refractivity contribution in [2.45, 2.75) is 25.7 Å². The maximum Gasteiger partial charge on any atom is 0.248 e. The van der Waals surface area contributed by atoms with Crippen LogP contribution in [0.25, 0.3) is 0 Å². The Morgan fingerprint density at radius 1 is 1.04 bits per heavy atom. The van der Waals surface area contributed by atoms with Gasteiger partial charge in [0.25, 0.3) is 0 Å². The van der Waals surface area contributed by atoms with E-state index in [4.69, 9.17) is 15.2 Å². The molecule has 0 radical (unpaired) electrons. The molecule has 4 heteroatoms. The Labute approximate surface area is 144 Å². The van der Waals surface area contributed by atoms with Gasteiger partial charge in [-0.3, -0.25) is 10.7 Å². The number of hydrogen-bond donors (Lipinski definition) is 2. The van der Waals surface area contributed by atoms with Crippen molar-refractivity contribution >= 4 is 5.84 Å². The van der Waals surface area contributed by atoms with E-state index in [1.54, 1.807) is 14.2 Å². The molecule has 2 aromatic rings. The lowest BCUT2D eigenvalue weighted by atomic mass is 9.95. The summed E-state index contributed by atoms with van der Waals surface area (Å²) in [6, 6.07) is 16.4. The topological polar surface area (TPSA) is 58.5 Å². The van der Waals surface area contributed by atoms with Gasteiger partial charge in [-0.25, -0.2) is 0 Å². The highest BCUT2D eigenvalue weighted by Gasteiger charge is 2.17. The SMILES string of the molecule is CC[C@H](C(N)=[NH+]CCc1ccc(OC)c(OC)c1)c1ccccc1. The zero-order chi connectivity index (χ0) is 17.4. The molecule has 0 spiro atoms. The van der Waals surface area contributed by atoms with Crippen LogP contribution in [-0.2, 0) is 6.42 Å². The number of benzene rings is 2. The molecule has 0 amide bonds. The third-order valence-corrected chi connectivity index (χ3v) is 4.18. The Hall–Kier alpha value is -2.49. The van der Waals surface area contributed by atoms with Crippen LogP contribution in [0.15, 0.2) is 48.5 Å². The van der Waals surface area contributed by atoms with Gasteiger partial charge in [-0.05, 0) is 29.7 Å². The number of amidine groups is 1. The normalized spacial score (nSPS) is 12.7. The first-order chi connectivity index (χ1) is 11.7. The number of ether oxygens (including phenoxy) is 2. The zero-order valence-corrected chi connectivity index (χ0v) is 14.7. The van der Waals surface area contributed by atoms with Crippen LogP contribution in [0.4, 0.5) is 0 Å². The molecule has 0 fully saturated rings. The summed E-state index contributed by atoms with van der Waals surface area (Å²) in [6.45, 7) is 2.94. The van der Waals surface area contributed by atoms with Gasteiger partial charge >= 0.3 is 0 Å². The van der Waals surface area contributed by atoms with Gasteiger partial charge < -0.3 is 9.47 Å². The minimum absolute atomic E-state index is 0.233. The Kier molecular flexibility index (Phi) is 6.67. The minimum Gasteiger partial charge on any atom is -0.493 e. The molecule has 128 valence electrons. The Morgan fingerprint density at radius 2 is 1.75 bits per heavy atom. The molecule has 0 saturated carbocycles. The molecule has 3 N–H and O–H groups in total. The molecule has 0 aliphatic rings. The molecule has 0 aliphatic heterocycles. The largest absolute Gasteiger partial charge is 0.493 e. The summed E-state index contributed by atoms with van der Waals surface area (Å²) in [5, 5.41) is 0. The maximum atomic E-state index is 6.29. The fourth-order valence-corrected chi connectivity index (χ4v) is 2.83. The second-order valence-electron chi connectivity index (χ2n) is 5.69. The summed E-state index contributed by atoms with van der Waals surface area (Å²) < 4.78 is 10.6. The summed E-state index contributed by atoms with van der Waals surface area (Å²) in [7, 11) is 3.29. The first kappa shape index (κ1) is 17.9. The van der Waals surface area contributed by atoms with Gasteiger partial charge in [0.15, 0.2) is 11.5 Å². The van der Waals surface area contributed by atoms with Crippen molar-refractivity contribution in [1.82, 2.24) is 0 Å². The highest BCUT2D eigenvalue weighted by atomic mass is 16.5. The van der Waals surface area contributed by atoms with Crippen LogP contribution in [0.1, 0.15) is 30.4 Å². The fraction of sp³-hybridized carbons (Fsp3) is 0.350. The molecule has 0 aliphatic carbocycles. The van der Waals surface area contributed by atoms with E-state index >= 15 is 0 Å². The monoisotopic (exact) mass is 327 g/mol. The van der Waals surface area contributed by atoms with Gasteiger partial charge in [0.05, 0.1) is 26.7 Å². The Balaban J connectivity index is 2.02. The molecule has 2 aromatic carbocycles. The average Bonchev–Trinajstić information content (AvgIpc) is 2.63. The van der Waals surface area contributed by atoms with Crippen LogP contribution in [0.5, 0.6) is 11.5 Å². The molecule has 0 saturated heterocycles. The molecular weight excluding hydrogens is 300 g/mol. The molecule has 0 unspecified atom stereocenters. The predicted octanol–water partition coefficient (Wildman–Crippen LogP) is 1.88. The molecule has 0 aromatic heterocycles. The van der Waals surface area contributed by atoms with E-state index in [1.807, 2.05) is 24.3 Å². The van der Waals surface area contributed by atoms with Crippen molar-refractivity contribution in [3.8, 4) is 11.5 Å². The van der Waals surface area contributed by atoms with Gasteiger partial charge in [-0.1, -0.05) is 43.3 Å². The van der Waals surface area contributed by atoms with Crippen LogP contribution in [-0.4, -0.2) is 26.6 Å². The van der Waals surface area contributed by atoms with E-state index < -0.39 is 0 Å². The van der Waals surface area contributed by atoms with Crippen molar-refractivity contribution in [1.29, 1.82) is 0 Å². The lowest BCUT2D eigenvalue weighted by Crippen LogP contribution is -2.77. The molecular formula is C20H27N2O2+. The van der Waals surface area contributed by atoms with Crippen LogP contribution < -0.4 is 20.2 Å². The third-order valence-electron chi connectivity index (χ3n) is 4.18. The first-order valence-electron chi connectivity index (χ1n) is 8.31. The van der Waals surface area contributed by atoms with Crippen LogP contribution in [0, 0.1) is 0 Å². The van der Waals surface area contributed by atoms with E-state index in [2.05, 4.69) is 36.2 Å². The van der Waals surface area contributed by atoms with Gasteiger partial charge in [-0.15, -0.1) is 0 Å². The summed E-state index contributed by atoms with van der Waals surface area (Å²) in [6.07, 6.45) is 1.84. The van der Waals surface area contributed by atoms with E-state index in [9.17, 15) is 0 Å².